The summed E-state index contributed by atoms with van der Waals surface area (Å²) in [6.45, 7) is 4.03. The smallest absolute Gasteiger partial charge is 0.173 e. The Kier molecular flexibility index (Phi) is 7.78. The summed E-state index contributed by atoms with van der Waals surface area (Å²) in [5.41, 5.74) is 4.81. The van der Waals surface area contributed by atoms with E-state index in [-0.39, 0.29) is 30.2 Å². The average Bonchev–Trinajstić information content (AvgIpc) is 3.29. The molecule has 39 heavy (non-hydrogen) atoms. The number of nitrogens with zero attached hydrogens (tertiary/aromatic N) is 2. The fourth-order valence-corrected chi connectivity index (χ4v) is 6.59. The molecule has 0 radical (unpaired) electrons. The number of hydrogen-bond donors (Lipinski definition) is 1. The van der Waals surface area contributed by atoms with Gasteiger partial charge < -0.3 is 9.84 Å². The third-order valence-corrected chi connectivity index (χ3v) is 8.56. The number of benzene rings is 3. The number of fused-ring (bicyclic) bond motifs is 1. The van der Waals surface area contributed by atoms with Gasteiger partial charge in [0.25, 0.3) is 0 Å². The molecule has 4 nitrogen and oxygen atoms in total. The molecular weight excluding hydrogens is 521 g/mol. The number of aryl methyl sites for hydroxylation is 2. The molecule has 0 saturated carbocycles. The number of aromatic nitrogens is 2. The van der Waals surface area contributed by atoms with Crippen molar-refractivity contribution < 1.29 is 23.0 Å². The number of imidazole rings is 1. The van der Waals surface area contributed by atoms with Crippen LogP contribution in [0.5, 0.6) is 5.75 Å². The first-order chi connectivity index (χ1) is 18.7. The first kappa shape index (κ1) is 27.3. The van der Waals surface area contributed by atoms with Crippen LogP contribution in [0, 0.1) is 24.4 Å². The van der Waals surface area contributed by atoms with Gasteiger partial charge in [-0.3, -0.25) is 4.57 Å². The lowest BCUT2D eigenvalue weighted by Crippen LogP contribution is -2.31. The van der Waals surface area contributed by atoms with Crippen molar-refractivity contribution in [1.29, 1.82) is 0 Å². The highest BCUT2D eigenvalue weighted by atomic mass is 32.2. The van der Waals surface area contributed by atoms with Gasteiger partial charge in [0.15, 0.2) is 5.16 Å². The summed E-state index contributed by atoms with van der Waals surface area (Å²) in [4.78, 5) is 4.98. The summed E-state index contributed by atoms with van der Waals surface area (Å²) in [5.74, 6) is -0.784. The number of hydrogen-bond acceptors (Lipinski definition) is 4. The summed E-state index contributed by atoms with van der Waals surface area (Å²) in [6, 6.07) is 15.0. The lowest BCUT2D eigenvalue weighted by atomic mass is 9.71. The molecule has 3 aromatic carbocycles. The molecule has 0 fully saturated rings. The molecule has 1 N–H and O–H groups in total. The molecule has 0 aliphatic heterocycles. The van der Waals surface area contributed by atoms with Gasteiger partial charge in [0.05, 0.1) is 18.5 Å². The predicted molar refractivity (Wildman–Crippen MR) is 147 cm³/mol. The van der Waals surface area contributed by atoms with Crippen LogP contribution in [0.1, 0.15) is 53.4 Å². The molecule has 0 bridgehead atoms. The van der Waals surface area contributed by atoms with E-state index in [1.54, 1.807) is 19.2 Å². The highest BCUT2D eigenvalue weighted by Gasteiger charge is 2.39. The van der Waals surface area contributed by atoms with E-state index < -0.39 is 17.0 Å². The second-order valence-electron chi connectivity index (χ2n) is 10.2. The Bertz CT molecular complexity index is 1480. The van der Waals surface area contributed by atoms with E-state index in [0.717, 1.165) is 53.2 Å². The van der Waals surface area contributed by atoms with Crippen molar-refractivity contribution in [2.75, 3.05) is 13.7 Å². The lowest BCUT2D eigenvalue weighted by molar-refractivity contribution is 0.299. The van der Waals surface area contributed by atoms with Crippen LogP contribution in [0.3, 0.4) is 0 Å². The van der Waals surface area contributed by atoms with Crippen molar-refractivity contribution in [3.05, 3.63) is 106 Å². The maximum Gasteiger partial charge on any atom is 0.173 e. The van der Waals surface area contributed by atoms with E-state index in [0.29, 0.717) is 10.7 Å². The number of aliphatic hydroxyl groups is 1. The molecular formula is C31H31F3N2O2S. The second-order valence-corrected chi connectivity index (χ2v) is 11.1. The summed E-state index contributed by atoms with van der Waals surface area (Å²) < 4.78 is 51.1. The monoisotopic (exact) mass is 552 g/mol. The largest absolute Gasteiger partial charge is 0.496 e. The fraction of sp³-hybridized carbons (Fsp3) is 0.323. The van der Waals surface area contributed by atoms with Gasteiger partial charge in [-0.25, -0.2) is 18.2 Å². The maximum atomic E-state index is 14.9. The van der Waals surface area contributed by atoms with Crippen LogP contribution >= 0.6 is 11.8 Å². The first-order valence-corrected chi connectivity index (χ1v) is 14.0. The lowest BCUT2D eigenvalue weighted by Gasteiger charge is -2.36. The zero-order valence-electron chi connectivity index (χ0n) is 22.2. The quantitative estimate of drug-likeness (QED) is 0.238. The van der Waals surface area contributed by atoms with Gasteiger partial charge in [-0.1, -0.05) is 23.9 Å². The van der Waals surface area contributed by atoms with Crippen molar-refractivity contribution >= 4 is 11.8 Å². The van der Waals surface area contributed by atoms with Crippen LogP contribution in [-0.4, -0.2) is 28.4 Å². The molecule has 0 saturated heterocycles. The summed E-state index contributed by atoms with van der Waals surface area (Å²) in [5, 5.41) is 9.74. The normalized spacial score (nSPS) is 16.8. The van der Waals surface area contributed by atoms with Crippen LogP contribution < -0.4 is 4.74 Å². The molecule has 1 atom stereocenters. The number of halogens is 3. The van der Waals surface area contributed by atoms with Crippen LogP contribution in [0.2, 0.25) is 0 Å². The van der Waals surface area contributed by atoms with E-state index in [4.69, 9.17) is 14.8 Å². The molecule has 1 aliphatic rings. The SMILES string of the molecule is COc1ccc(C2(C)CCCc3nc(SCc4c(F)cc(CCO)cc4F)n(-c4ccc(F)cc4)c32)cc1C. The molecule has 4 aromatic rings. The van der Waals surface area contributed by atoms with E-state index in [2.05, 4.69) is 19.1 Å². The number of thioether (sulfide) groups is 1. The van der Waals surface area contributed by atoms with Crippen molar-refractivity contribution in [2.45, 2.75) is 55.9 Å². The summed E-state index contributed by atoms with van der Waals surface area (Å²) in [6.07, 6.45) is 2.79. The third-order valence-electron chi connectivity index (χ3n) is 7.60. The van der Waals surface area contributed by atoms with Crippen molar-refractivity contribution in [2.24, 2.45) is 0 Å². The standard InChI is InChI=1S/C31H31F3N2O2S/c1-19-15-21(6-11-28(19)38-3)31(2)13-4-5-27-29(31)36(23-9-7-22(32)8-10-23)30(35-27)39-18-24-25(33)16-20(12-14-37)17-26(24)34/h6-11,15-17,37H,4-5,12-14,18H2,1-3H3. The van der Waals surface area contributed by atoms with Crippen molar-refractivity contribution in [3.8, 4) is 11.4 Å². The number of aliphatic hydroxyl groups excluding tert-OH is 1. The molecule has 1 aliphatic carbocycles. The fourth-order valence-electron chi connectivity index (χ4n) is 5.54. The van der Waals surface area contributed by atoms with Gasteiger partial charge >= 0.3 is 0 Å². The Morgan fingerprint density at radius 1 is 1.05 bits per heavy atom. The predicted octanol–water partition coefficient (Wildman–Crippen LogP) is 7.08. The van der Waals surface area contributed by atoms with Gasteiger partial charge in [0.2, 0.25) is 0 Å². The van der Waals surface area contributed by atoms with Crippen molar-refractivity contribution in [1.82, 2.24) is 9.55 Å². The maximum absolute atomic E-state index is 14.9. The van der Waals surface area contributed by atoms with E-state index in [9.17, 15) is 13.2 Å². The van der Waals surface area contributed by atoms with Crippen LogP contribution in [0.25, 0.3) is 5.69 Å². The Balaban J connectivity index is 1.61. The Hall–Kier alpha value is -3.23. The van der Waals surface area contributed by atoms with Crippen LogP contribution in [0.4, 0.5) is 13.2 Å². The average molecular weight is 553 g/mol. The molecule has 1 unspecified atom stereocenters. The van der Waals surface area contributed by atoms with Gasteiger partial charge in [0, 0.05) is 29.0 Å². The highest BCUT2D eigenvalue weighted by Crippen LogP contribution is 2.46. The van der Waals surface area contributed by atoms with Gasteiger partial charge in [-0.15, -0.1) is 0 Å². The van der Waals surface area contributed by atoms with Crippen LogP contribution in [0.15, 0.2) is 59.8 Å². The van der Waals surface area contributed by atoms with Crippen molar-refractivity contribution in [3.63, 3.8) is 0 Å². The zero-order chi connectivity index (χ0) is 27.7. The van der Waals surface area contributed by atoms with Gasteiger partial charge in [-0.2, -0.15) is 0 Å². The molecule has 8 heteroatoms. The number of methoxy groups -OCH3 is 1. The minimum Gasteiger partial charge on any atom is -0.496 e. The molecule has 0 amide bonds. The molecule has 1 heterocycles. The Morgan fingerprint density at radius 2 is 1.77 bits per heavy atom. The number of rotatable bonds is 8. The first-order valence-electron chi connectivity index (χ1n) is 13.0. The van der Waals surface area contributed by atoms with E-state index in [1.807, 2.05) is 17.6 Å². The Morgan fingerprint density at radius 3 is 2.41 bits per heavy atom. The molecule has 5 rings (SSSR count). The minimum absolute atomic E-state index is 0.0342. The zero-order valence-corrected chi connectivity index (χ0v) is 23.0. The summed E-state index contributed by atoms with van der Waals surface area (Å²) in [7, 11) is 1.65. The van der Waals surface area contributed by atoms with Gasteiger partial charge in [0.1, 0.15) is 23.2 Å². The molecule has 0 spiro atoms. The number of ether oxygens (including phenoxy) is 1. The van der Waals surface area contributed by atoms with Crippen LogP contribution in [-0.2, 0) is 24.0 Å². The highest BCUT2D eigenvalue weighted by molar-refractivity contribution is 7.98. The van der Waals surface area contributed by atoms with E-state index in [1.165, 1.54) is 36.0 Å². The third kappa shape index (κ3) is 5.20. The van der Waals surface area contributed by atoms with E-state index >= 15 is 0 Å². The molecule has 204 valence electrons. The van der Waals surface area contributed by atoms with Gasteiger partial charge in [-0.05, 0) is 98.7 Å². The topological polar surface area (TPSA) is 47.3 Å². The summed E-state index contributed by atoms with van der Waals surface area (Å²) >= 11 is 1.25. The second kappa shape index (κ2) is 11.1. The minimum atomic E-state index is -0.644. The molecule has 1 aromatic heterocycles. The Labute approximate surface area is 230 Å².